The quantitative estimate of drug-likeness (QED) is 0.0261. The summed E-state index contributed by atoms with van der Waals surface area (Å²) in [4.78, 5) is 38.4. The number of hydrogen-bond donors (Lipinski definition) is 0. The molecule has 0 rings (SSSR count). The summed E-state index contributed by atoms with van der Waals surface area (Å²) < 4.78 is 16.9. The smallest absolute Gasteiger partial charge is 0.306 e. The van der Waals surface area contributed by atoms with Crippen molar-refractivity contribution in [2.24, 2.45) is 0 Å². The zero-order valence-electron chi connectivity index (χ0n) is 50.4. The van der Waals surface area contributed by atoms with Crippen LogP contribution in [0.1, 0.15) is 303 Å². The molecule has 0 saturated heterocycles. The minimum atomic E-state index is -0.811. The standard InChI is InChI=1S/C71H120O6/c1-4-7-10-13-16-19-22-25-28-31-34-35-38-40-43-46-49-52-55-58-61-64-70(73)76-67-68(77-71(74)65-62-59-56-53-50-47-44-41-37-33-30-27-24-21-18-15-12-9-6-3)66-75-69(72)63-60-57-54-51-48-45-42-39-36-32-29-26-23-20-17-14-11-8-5-2/h8,11,17-18,20-21,26-27,29-30,36-37,39,41,45,47-48,50,68H,4-7,9-10,12-16,19,22-25,28,31-35,38,40,42-44,46,49,51-67H2,1-3H3/b11-8-,20-17-,21-18-,29-26-,30-27-,39-36-,41-37-,48-45-,50-47-/t68-/m1/s1. The van der Waals surface area contributed by atoms with Crippen molar-refractivity contribution in [3.05, 3.63) is 109 Å². The molecule has 1 atom stereocenters. The van der Waals surface area contributed by atoms with Gasteiger partial charge in [-0.25, -0.2) is 0 Å². The molecule has 0 aromatic rings. The molecule has 77 heavy (non-hydrogen) atoms. The number of ether oxygens (including phenoxy) is 3. The van der Waals surface area contributed by atoms with E-state index in [4.69, 9.17) is 14.2 Å². The molecule has 0 aliphatic carbocycles. The van der Waals surface area contributed by atoms with Crippen LogP contribution in [-0.2, 0) is 28.6 Å². The van der Waals surface area contributed by atoms with Crippen LogP contribution in [0.5, 0.6) is 0 Å². The lowest BCUT2D eigenvalue weighted by Crippen LogP contribution is -2.30. The van der Waals surface area contributed by atoms with E-state index in [9.17, 15) is 14.4 Å². The highest BCUT2D eigenvalue weighted by molar-refractivity contribution is 5.71. The Kier molecular flexibility index (Phi) is 61.3. The topological polar surface area (TPSA) is 78.9 Å². The Bertz CT molecular complexity index is 1560. The molecule has 0 radical (unpaired) electrons. The van der Waals surface area contributed by atoms with Gasteiger partial charge in [0.25, 0.3) is 0 Å². The SMILES string of the molecule is CC/C=C\C/C=C\C/C=C\C/C=C\C/C=C\CCCCCC(=O)OC[C@H](COC(=O)CCCCCCCCCCCCCCCCCCCCCCC)OC(=O)CCCCC/C=C\C/C=C\C/C=C\C/C=C\CCCCC. The van der Waals surface area contributed by atoms with Crippen molar-refractivity contribution in [3.63, 3.8) is 0 Å². The predicted octanol–water partition coefficient (Wildman–Crippen LogP) is 22.2. The number of carbonyl (C=O) groups is 3. The average molecular weight is 1070 g/mol. The molecule has 0 spiro atoms. The zero-order chi connectivity index (χ0) is 55.7. The monoisotopic (exact) mass is 1070 g/mol. The second-order valence-corrected chi connectivity index (χ2v) is 21.3. The van der Waals surface area contributed by atoms with Gasteiger partial charge in [0.15, 0.2) is 6.10 Å². The lowest BCUT2D eigenvalue weighted by molar-refractivity contribution is -0.167. The van der Waals surface area contributed by atoms with E-state index in [2.05, 4.69) is 130 Å². The molecular weight excluding hydrogens is 949 g/mol. The third kappa shape index (κ3) is 62.8. The molecule has 0 amide bonds. The first-order chi connectivity index (χ1) is 38.0. The van der Waals surface area contributed by atoms with Gasteiger partial charge in [-0.3, -0.25) is 14.4 Å². The van der Waals surface area contributed by atoms with Crippen molar-refractivity contribution in [1.82, 2.24) is 0 Å². The van der Waals surface area contributed by atoms with Crippen LogP contribution in [0, 0.1) is 0 Å². The fraction of sp³-hybridized carbons (Fsp3) is 0.704. The van der Waals surface area contributed by atoms with E-state index in [0.717, 1.165) is 122 Å². The van der Waals surface area contributed by atoms with Crippen molar-refractivity contribution < 1.29 is 28.6 Å². The van der Waals surface area contributed by atoms with E-state index in [1.54, 1.807) is 0 Å². The Balaban J connectivity index is 4.48. The maximum absolute atomic E-state index is 12.9. The number of allylic oxidation sites excluding steroid dienone is 18. The molecule has 0 unspecified atom stereocenters. The van der Waals surface area contributed by atoms with Gasteiger partial charge in [-0.15, -0.1) is 0 Å². The first-order valence-electron chi connectivity index (χ1n) is 32.4. The van der Waals surface area contributed by atoms with Crippen molar-refractivity contribution in [1.29, 1.82) is 0 Å². The second-order valence-electron chi connectivity index (χ2n) is 21.3. The molecule has 0 aliphatic heterocycles. The third-order valence-electron chi connectivity index (χ3n) is 13.8. The summed E-state index contributed by atoms with van der Waals surface area (Å²) in [5, 5.41) is 0. The molecule has 0 heterocycles. The van der Waals surface area contributed by atoms with E-state index in [-0.39, 0.29) is 37.5 Å². The normalized spacial score (nSPS) is 12.8. The summed E-state index contributed by atoms with van der Waals surface area (Å²) >= 11 is 0. The minimum Gasteiger partial charge on any atom is -0.462 e. The Hall–Kier alpha value is -3.93. The summed E-state index contributed by atoms with van der Waals surface area (Å²) in [5.74, 6) is -0.956. The lowest BCUT2D eigenvalue weighted by Gasteiger charge is -2.18. The van der Waals surface area contributed by atoms with Gasteiger partial charge in [0.2, 0.25) is 0 Å². The predicted molar refractivity (Wildman–Crippen MR) is 334 cm³/mol. The van der Waals surface area contributed by atoms with Crippen LogP contribution in [0.4, 0.5) is 0 Å². The van der Waals surface area contributed by atoms with Crippen molar-refractivity contribution >= 4 is 17.9 Å². The molecule has 0 saturated carbocycles. The summed E-state index contributed by atoms with van der Waals surface area (Å²) in [6.45, 7) is 6.47. The van der Waals surface area contributed by atoms with Crippen LogP contribution in [0.25, 0.3) is 0 Å². The van der Waals surface area contributed by atoms with Gasteiger partial charge in [-0.05, 0) is 109 Å². The second kappa shape index (κ2) is 64.6. The van der Waals surface area contributed by atoms with Crippen molar-refractivity contribution in [2.45, 2.75) is 309 Å². The number of rotatable bonds is 58. The largest absolute Gasteiger partial charge is 0.462 e. The van der Waals surface area contributed by atoms with Gasteiger partial charge in [-0.2, -0.15) is 0 Å². The maximum Gasteiger partial charge on any atom is 0.306 e. The maximum atomic E-state index is 12.9. The average Bonchev–Trinajstić information content (AvgIpc) is 3.43. The molecule has 0 aliphatic rings. The number of carbonyl (C=O) groups excluding carboxylic acids is 3. The Morgan fingerprint density at radius 3 is 0.818 bits per heavy atom. The molecule has 0 bridgehead atoms. The van der Waals surface area contributed by atoms with Crippen LogP contribution in [0.15, 0.2) is 109 Å². The molecule has 0 aromatic carbocycles. The molecule has 0 N–H and O–H groups in total. The van der Waals surface area contributed by atoms with Crippen LogP contribution in [-0.4, -0.2) is 37.2 Å². The molecule has 0 fully saturated rings. The highest BCUT2D eigenvalue weighted by Crippen LogP contribution is 2.16. The van der Waals surface area contributed by atoms with Crippen LogP contribution in [0.3, 0.4) is 0 Å². The molecule has 0 aromatic heterocycles. The summed E-state index contributed by atoms with van der Waals surface area (Å²) in [6, 6.07) is 0. The zero-order valence-corrected chi connectivity index (χ0v) is 50.4. The molecular formula is C71H120O6. The first kappa shape index (κ1) is 73.1. The van der Waals surface area contributed by atoms with Gasteiger partial charge in [0, 0.05) is 19.3 Å². The minimum absolute atomic E-state index is 0.101. The molecule has 6 heteroatoms. The van der Waals surface area contributed by atoms with E-state index < -0.39 is 6.10 Å². The fourth-order valence-corrected chi connectivity index (χ4v) is 8.92. The number of unbranched alkanes of at least 4 members (excludes halogenated alkanes) is 29. The van der Waals surface area contributed by atoms with Crippen LogP contribution in [0.2, 0.25) is 0 Å². The first-order valence-corrected chi connectivity index (χ1v) is 32.4. The fourth-order valence-electron chi connectivity index (χ4n) is 8.92. The van der Waals surface area contributed by atoms with Gasteiger partial charge in [0.05, 0.1) is 0 Å². The Morgan fingerprint density at radius 1 is 0.273 bits per heavy atom. The third-order valence-corrected chi connectivity index (χ3v) is 13.8. The summed E-state index contributed by atoms with van der Waals surface area (Å²) in [7, 11) is 0. The van der Waals surface area contributed by atoms with Crippen LogP contribution >= 0.6 is 0 Å². The van der Waals surface area contributed by atoms with Gasteiger partial charge in [0.1, 0.15) is 13.2 Å². The van der Waals surface area contributed by atoms with E-state index in [1.807, 2.05) is 0 Å². The summed E-state index contributed by atoms with van der Waals surface area (Å²) in [6.07, 6.45) is 88.1. The van der Waals surface area contributed by atoms with E-state index in [0.29, 0.717) is 12.8 Å². The Morgan fingerprint density at radius 2 is 0.506 bits per heavy atom. The molecule has 440 valence electrons. The number of hydrogen-bond acceptors (Lipinski definition) is 6. The highest BCUT2D eigenvalue weighted by atomic mass is 16.6. The van der Waals surface area contributed by atoms with Crippen molar-refractivity contribution in [3.8, 4) is 0 Å². The van der Waals surface area contributed by atoms with Gasteiger partial charge in [-0.1, -0.05) is 284 Å². The van der Waals surface area contributed by atoms with E-state index >= 15 is 0 Å². The summed E-state index contributed by atoms with van der Waals surface area (Å²) in [5.41, 5.74) is 0. The van der Waals surface area contributed by atoms with Crippen LogP contribution < -0.4 is 0 Å². The molecule has 6 nitrogen and oxygen atoms in total. The Labute approximate surface area is 476 Å². The van der Waals surface area contributed by atoms with Gasteiger partial charge >= 0.3 is 17.9 Å². The van der Waals surface area contributed by atoms with E-state index in [1.165, 1.54) is 141 Å². The highest BCUT2D eigenvalue weighted by Gasteiger charge is 2.19. The van der Waals surface area contributed by atoms with Gasteiger partial charge < -0.3 is 14.2 Å². The van der Waals surface area contributed by atoms with Crippen molar-refractivity contribution in [2.75, 3.05) is 13.2 Å². The number of esters is 3. The lowest BCUT2D eigenvalue weighted by atomic mass is 10.0.